The Labute approximate surface area is 147 Å². The molecule has 1 aromatic heterocycles. The SMILES string of the molecule is COc1cc(C(=O)Nc2ncc(Br)cc2Br)ccc1OC(F)F. The first-order valence-corrected chi connectivity index (χ1v) is 7.74. The topological polar surface area (TPSA) is 60.5 Å². The van der Waals surface area contributed by atoms with Crippen LogP contribution in [0.1, 0.15) is 10.4 Å². The van der Waals surface area contributed by atoms with Crippen molar-refractivity contribution in [3.05, 3.63) is 45.0 Å². The predicted octanol–water partition coefficient (Wildman–Crippen LogP) is 4.47. The summed E-state index contributed by atoms with van der Waals surface area (Å²) in [5.74, 6) is -0.268. The first-order valence-electron chi connectivity index (χ1n) is 6.16. The van der Waals surface area contributed by atoms with Gasteiger partial charge in [0.2, 0.25) is 0 Å². The molecule has 1 heterocycles. The largest absolute Gasteiger partial charge is 0.493 e. The maximum Gasteiger partial charge on any atom is 0.387 e. The maximum atomic E-state index is 12.3. The maximum absolute atomic E-state index is 12.3. The minimum Gasteiger partial charge on any atom is -0.493 e. The van der Waals surface area contributed by atoms with Crippen LogP contribution in [0.4, 0.5) is 14.6 Å². The van der Waals surface area contributed by atoms with Crippen LogP contribution in [0.5, 0.6) is 11.5 Å². The third-order valence-corrected chi connectivity index (χ3v) is 3.72. The van der Waals surface area contributed by atoms with Crippen molar-refractivity contribution in [2.45, 2.75) is 6.61 Å². The van der Waals surface area contributed by atoms with Crippen LogP contribution in [0.15, 0.2) is 39.4 Å². The summed E-state index contributed by atoms with van der Waals surface area (Å²) in [4.78, 5) is 16.3. The van der Waals surface area contributed by atoms with Crippen molar-refractivity contribution in [1.29, 1.82) is 0 Å². The first kappa shape index (κ1) is 17.6. The number of rotatable bonds is 5. The number of amides is 1. The fourth-order valence-corrected chi connectivity index (χ4v) is 2.78. The molecule has 0 radical (unpaired) electrons. The van der Waals surface area contributed by atoms with Crippen LogP contribution in [0.3, 0.4) is 0 Å². The van der Waals surface area contributed by atoms with E-state index in [1.165, 1.54) is 31.5 Å². The van der Waals surface area contributed by atoms with E-state index in [9.17, 15) is 13.6 Å². The summed E-state index contributed by atoms with van der Waals surface area (Å²) in [7, 11) is 1.29. The van der Waals surface area contributed by atoms with Gasteiger partial charge in [-0.2, -0.15) is 8.78 Å². The van der Waals surface area contributed by atoms with Gasteiger partial charge < -0.3 is 14.8 Å². The molecule has 0 saturated carbocycles. The smallest absolute Gasteiger partial charge is 0.387 e. The average molecular weight is 452 g/mol. The molecular formula is C14H10Br2F2N2O3. The van der Waals surface area contributed by atoms with Gasteiger partial charge in [-0.25, -0.2) is 4.98 Å². The number of carbonyl (C=O) groups excluding carboxylic acids is 1. The van der Waals surface area contributed by atoms with Crippen molar-refractivity contribution in [1.82, 2.24) is 4.98 Å². The summed E-state index contributed by atoms with van der Waals surface area (Å²) in [5.41, 5.74) is 0.208. The number of carbonyl (C=O) groups is 1. The Balaban J connectivity index is 2.22. The molecule has 0 bridgehead atoms. The van der Waals surface area contributed by atoms with Gasteiger partial charge in [0.05, 0.1) is 11.6 Å². The van der Waals surface area contributed by atoms with Crippen LogP contribution in [-0.4, -0.2) is 24.6 Å². The highest BCUT2D eigenvalue weighted by Crippen LogP contribution is 2.30. The van der Waals surface area contributed by atoms with Gasteiger partial charge in [-0.3, -0.25) is 4.79 Å². The molecule has 23 heavy (non-hydrogen) atoms. The summed E-state index contributed by atoms with van der Waals surface area (Å²) in [6.45, 7) is -2.98. The molecule has 9 heteroatoms. The van der Waals surface area contributed by atoms with Gasteiger partial charge in [0, 0.05) is 16.2 Å². The van der Waals surface area contributed by atoms with Crippen LogP contribution < -0.4 is 14.8 Å². The summed E-state index contributed by atoms with van der Waals surface area (Å²) in [6.07, 6.45) is 1.53. The zero-order chi connectivity index (χ0) is 17.0. The molecule has 0 atom stereocenters. The van der Waals surface area contributed by atoms with E-state index < -0.39 is 12.5 Å². The van der Waals surface area contributed by atoms with Gasteiger partial charge >= 0.3 is 6.61 Å². The highest BCUT2D eigenvalue weighted by atomic mass is 79.9. The standard InChI is InChI=1S/C14H10Br2F2N2O3/c1-22-11-4-7(2-3-10(11)23-14(17)18)13(21)20-12-9(16)5-8(15)6-19-12/h2-6,14H,1H3,(H,19,20,21). The van der Waals surface area contributed by atoms with Crippen molar-refractivity contribution < 1.29 is 23.0 Å². The fraction of sp³-hybridized carbons (Fsp3) is 0.143. The molecule has 0 fully saturated rings. The molecule has 5 nitrogen and oxygen atoms in total. The highest BCUT2D eigenvalue weighted by Gasteiger charge is 2.15. The van der Waals surface area contributed by atoms with Crippen LogP contribution in [0.2, 0.25) is 0 Å². The van der Waals surface area contributed by atoms with Crippen LogP contribution in [-0.2, 0) is 0 Å². The number of anilines is 1. The summed E-state index contributed by atoms with van der Waals surface area (Å²) >= 11 is 6.54. The molecule has 0 aliphatic carbocycles. The lowest BCUT2D eigenvalue weighted by molar-refractivity contribution is -0.0512. The number of alkyl halides is 2. The van der Waals surface area contributed by atoms with Crippen molar-refractivity contribution in [2.24, 2.45) is 0 Å². The van der Waals surface area contributed by atoms with E-state index in [1.54, 1.807) is 6.07 Å². The molecular weight excluding hydrogens is 442 g/mol. The van der Waals surface area contributed by atoms with Gasteiger partial charge in [-0.05, 0) is 56.1 Å². The number of ether oxygens (including phenoxy) is 2. The molecule has 0 unspecified atom stereocenters. The van der Waals surface area contributed by atoms with Crippen molar-refractivity contribution in [3.8, 4) is 11.5 Å². The Bertz CT molecular complexity index is 729. The number of pyridine rings is 1. The Kier molecular flexibility index (Phi) is 5.89. The molecule has 2 aromatic rings. The molecule has 0 saturated heterocycles. The number of nitrogens with zero attached hydrogens (tertiary/aromatic N) is 1. The number of hydrogen-bond donors (Lipinski definition) is 1. The second kappa shape index (κ2) is 7.69. The van der Waals surface area contributed by atoms with E-state index in [1.807, 2.05) is 0 Å². The number of halogens is 4. The van der Waals surface area contributed by atoms with E-state index in [4.69, 9.17) is 4.74 Å². The van der Waals surface area contributed by atoms with Gasteiger partial charge in [0.1, 0.15) is 5.82 Å². The van der Waals surface area contributed by atoms with Crippen LogP contribution in [0.25, 0.3) is 0 Å². The molecule has 0 spiro atoms. The molecule has 0 aliphatic rings. The molecule has 1 amide bonds. The zero-order valence-electron chi connectivity index (χ0n) is 11.6. The normalized spacial score (nSPS) is 10.5. The summed E-state index contributed by atoms with van der Waals surface area (Å²) < 4.78 is 35.2. The number of methoxy groups -OCH3 is 1. The zero-order valence-corrected chi connectivity index (χ0v) is 14.8. The third kappa shape index (κ3) is 4.61. The molecule has 1 aromatic carbocycles. The first-order chi connectivity index (χ1) is 10.9. The number of benzene rings is 1. The minimum atomic E-state index is -2.98. The van der Waals surface area contributed by atoms with Gasteiger partial charge in [-0.15, -0.1) is 0 Å². The van der Waals surface area contributed by atoms with Gasteiger partial charge in [-0.1, -0.05) is 0 Å². The predicted molar refractivity (Wildman–Crippen MR) is 87.2 cm³/mol. The van der Waals surface area contributed by atoms with Crippen LogP contribution in [0, 0.1) is 0 Å². The Morgan fingerprint density at radius 3 is 2.61 bits per heavy atom. The lowest BCUT2D eigenvalue weighted by Crippen LogP contribution is -2.14. The van der Waals surface area contributed by atoms with Crippen molar-refractivity contribution in [2.75, 3.05) is 12.4 Å². The van der Waals surface area contributed by atoms with Gasteiger partial charge in [0.25, 0.3) is 5.91 Å². The highest BCUT2D eigenvalue weighted by molar-refractivity contribution is 9.11. The second-order valence-corrected chi connectivity index (χ2v) is 5.95. The second-order valence-electron chi connectivity index (χ2n) is 4.18. The third-order valence-electron chi connectivity index (χ3n) is 2.68. The van der Waals surface area contributed by atoms with E-state index in [0.717, 1.165) is 4.47 Å². The monoisotopic (exact) mass is 450 g/mol. The Hall–Kier alpha value is -1.74. The Morgan fingerprint density at radius 2 is 2.00 bits per heavy atom. The van der Waals surface area contributed by atoms with E-state index in [0.29, 0.717) is 10.3 Å². The molecule has 0 aliphatic heterocycles. The quantitative estimate of drug-likeness (QED) is 0.728. The number of aromatic nitrogens is 1. The summed E-state index contributed by atoms with van der Waals surface area (Å²) in [6, 6.07) is 5.62. The lowest BCUT2D eigenvalue weighted by atomic mass is 10.2. The number of hydrogen-bond acceptors (Lipinski definition) is 4. The lowest BCUT2D eigenvalue weighted by Gasteiger charge is -2.12. The number of nitrogens with one attached hydrogen (secondary N) is 1. The molecule has 1 N–H and O–H groups in total. The molecule has 2 rings (SSSR count). The average Bonchev–Trinajstić information content (AvgIpc) is 2.49. The van der Waals surface area contributed by atoms with E-state index >= 15 is 0 Å². The van der Waals surface area contributed by atoms with Crippen LogP contribution >= 0.6 is 31.9 Å². The molecule has 122 valence electrons. The minimum absolute atomic E-state index is 0.0285. The Morgan fingerprint density at radius 1 is 1.26 bits per heavy atom. The fourth-order valence-electron chi connectivity index (χ4n) is 1.69. The van der Waals surface area contributed by atoms with Crippen molar-refractivity contribution in [3.63, 3.8) is 0 Å². The van der Waals surface area contributed by atoms with E-state index in [-0.39, 0.29) is 17.1 Å². The summed E-state index contributed by atoms with van der Waals surface area (Å²) in [5, 5.41) is 2.60. The van der Waals surface area contributed by atoms with Gasteiger partial charge in [0.15, 0.2) is 11.5 Å². The van der Waals surface area contributed by atoms with Crippen molar-refractivity contribution >= 4 is 43.6 Å². The van der Waals surface area contributed by atoms with E-state index in [2.05, 4.69) is 46.9 Å².